The maximum atomic E-state index is 12.1. The molecule has 0 aromatic heterocycles. The van der Waals surface area contributed by atoms with E-state index < -0.39 is 10.2 Å². The first kappa shape index (κ1) is 14.7. The van der Waals surface area contributed by atoms with E-state index >= 15 is 0 Å². The van der Waals surface area contributed by atoms with Crippen molar-refractivity contribution < 1.29 is 13.5 Å². The van der Waals surface area contributed by atoms with Gasteiger partial charge in [0.25, 0.3) is 0 Å². The molecule has 0 aliphatic carbocycles. The van der Waals surface area contributed by atoms with Crippen LogP contribution < -0.4 is 4.72 Å². The Balaban J connectivity index is 2.20. The molecule has 19 heavy (non-hydrogen) atoms. The number of phenolic OH excluding ortho intramolecular Hbond substituents is 1. The molecule has 1 aliphatic rings. The average molecular weight is 325 g/mol. The van der Waals surface area contributed by atoms with Crippen LogP contribution in [0.3, 0.4) is 0 Å². The first-order valence-electron chi connectivity index (χ1n) is 5.86. The first-order valence-corrected chi connectivity index (χ1v) is 8.05. The highest BCUT2D eigenvalue weighted by Crippen LogP contribution is 2.35. The van der Waals surface area contributed by atoms with Crippen LogP contribution in [0.5, 0.6) is 5.75 Å². The Hall–Kier alpha value is -0.690. The lowest BCUT2D eigenvalue weighted by Gasteiger charge is -2.26. The zero-order chi connectivity index (χ0) is 14.0. The number of rotatable bonds is 3. The summed E-state index contributed by atoms with van der Waals surface area (Å²) >= 11 is 11.5. The molecule has 1 aromatic rings. The third-order valence-electron chi connectivity index (χ3n) is 2.92. The molecule has 1 aromatic carbocycles. The lowest BCUT2D eigenvalue weighted by molar-refractivity contribution is 0.349. The van der Waals surface area contributed by atoms with Crippen molar-refractivity contribution in [2.75, 3.05) is 17.8 Å². The van der Waals surface area contributed by atoms with Gasteiger partial charge < -0.3 is 5.11 Å². The molecule has 5 nitrogen and oxygen atoms in total. The number of hydrogen-bond acceptors (Lipinski definition) is 3. The number of hydrogen-bond donors (Lipinski definition) is 2. The number of nitrogens with one attached hydrogen (secondary N) is 1. The predicted octanol–water partition coefficient (Wildman–Crippen LogP) is 2.84. The van der Waals surface area contributed by atoms with Gasteiger partial charge in [0.05, 0.1) is 15.7 Å². The summed E-state index contributed by atoms with van der Waals surface area (Å²) in [5.74, 6) is -0.260. The molecular weight excluding hydrogens is 311 g/mol. The minimum Gasteiger partial charge on any atom is -0.505 e. The van der Waals surface area contributed by atoms with Gasteiger partial charge in [-0.2, -0.15) is 12.7 Å². The van der Waals surface area contributed by atoms with Gasteiger partial charge in [-0.15, -0.1) is 0 Å². The second-order valence-corrected chi connectivity index (χ2v) is 6.84. The molecule has 0 atom stereocenters. The van der Waals surface area contributed by atoms with Gasteiger partial charge in [0.2, 0.25) is 0 Å². The topological polar surface area (TPSA) is 69.6 Å². The number of anilines is 1. The van der Waals surface area contributed by atoms with Gasteiger partial charge in [0.15, 0.2) is 5.75 Å². The van der Waals surface area contributed by atoms with Crippen molar-refractivity contribution >= 4 is 39.1 Å². The normalized spacial score (nSPS) is 17.4. The summed E-state index contributed by atoms with van der Waals surface area (Å²) in [5, 5.41) is 9.43. The van der Waals surface area contributed by atoms with E-state index in [0.717, 1.165) is 19.3 Å². The number of aromatic hydroxyl groups is 1. The van der Waals surface area contributed by atoms with Crippen LogP contribution in [0.4, 0.5) is 5.69 Å². The summed E-state index contributed by atoms with van der Waals surface area (Å²) in [6, 6.07) is 2.65. The Morgan fingerprint density at radius 1 is 1.11 bits per heavy atom. The fraction of sp³-hybridized carbons (Fsp3) is 0.455. The third-order valence-corrected chi connectivity index (χ3v) is 5.03. The van der Waals surface area contributed by atoms with Gasteiger partial charge in [0.1, 0.15) is 0 Å². The van der Waals surface area contributed by atoms with Crippen molar-refractivity contribution in [2.24, 2.45) is 0 Å². The van der Waals surface area contributed by atoms with Crippen molar-refractivity contribution in [2.45, 2.75) is 19.3 Å². The number of benzene rings is 1. The van der Waals surface area contributed by atoms with E-state index in [1.165, 1.54) is 16.4 Å². The van der Waals surface area contributed by atoms with Gasteiger partial charge in [-0.25, -0.2) is 0 Å². The Morgan fingerprint density at radius 2 is 1.63 bits per heavy atom. The van der Waals surface area contributed by atoms with Crippen molar-refractivity contribution in [1.29, 1.82) is 0 Å². The molecule has 0 saturated carbocycles. The minimum absolute atomic E-state index is 0.00356. The monoisotopic (exact) mass is 324 g/mol. The summed E-state index contributed by atoms with van der Waals surface area (Å²) in [4.78, 5) is 0. The average Bonchev–Trinajstić information content (AvgIpc) is 2.36. The van der Waals surface area contributed by atoms with Crippen molar-refractivity contribution in [1.82, 2.24) is 4.31 Å². The molecule has 1 aliphatic heterocycles. The third kappa shape index (κ3) is 3.45. The molecule has 0 spiro atoms. The maximum absolute atomic E-state index is 12.1. The molecule has 0 bridgehead atoms. The molecule has 0 unspecified atom stereocenters. The highest BCUT2D eigenvalue weighted by atomic mass is 35.5. The van der Waals surface area contributed by atoms with Crippen molar-refractivity contribution in [3.8, 4) is 5.75 Å². The Labute approximate surface area is 122 Å². The molecule has 1 fully saturated rings. The SMILES string of the molecule is O=S(=O)(Nc1cc(Cl)c(O)c(Cl)c1)N1CCCCC1. The predicted molar refractivity (Wildman–Crippen MR) is 76.1 cm³/mol. The summed E-state index contributed by atoms with van der Waals surface area (Å²) in [6.07, 6.45) is 2.76. The van der Waals surface area contributed by atoms with Crippen LogP contribution >= 0.6 is 23.2 Å². The highest BCUT2D eigenvalue weighted by molar-refractivity contribution is 7.90. The van der Waals surface area contributed by atoms with Crippen molar-refractivity contribution in [3.05, 3.63) is 22.2 Å². The summed E-state index contributed by atoms with van der Waals surface area (Å²) < 4.78 is 28.1. The van der Waals surface area contributed by atoms with E-state index in [-0.39, 0.29) is 21.5 Å². The minimum atomic E-state index is -3.60. The quantitative estimate of drug-likeness (QED) is 0.840. The number of piperidine rings is 1. The summed E-state index contributed by atoms with van der Waals surface area (Å²) in [6.45, 7) is 1.02. The van der Waals surface area contributed by atoms with E-state index in [9.17, 15) is 13.5 Å². The van der Waals surface area contributed by atoms with Crippen LogP contribution in [0.25, 0.3) is 0 Å². The molecule has 2 rings (SSSR count). The fourth-order valence-corrected chi connectivity index (χ4v) is 3.71. The first-order chi connectivity index (χ1) is 8.90. The van der Waals surface area contributed by atoms with E-state index in [0.29, 0.717) is 13.1 Å². The number of nitrogens with zero attached hydrogens (tertiary/aromatic N) is 1. The zero-order valence-corrected chi connectivity index (χ0v) is 12.4. The smallest absolute Gasteiger partial charge is 0.301 e. The van der Waals surface area contributed by atoms with Crippen LogP contribution in [0.1, 0.15) is 19.3 Å². The Bertz CT molecular complexity index is 548. The Morgan fingerprint density at radius 3 is 2.16 bits per heavy atom. The largest absolute Gasteiger partial charge is 0.505 e. The molecule has 0 radical (unpaired) electrons. The van der Waals surface area contributed by atoms with Gasteiger partial charge in [-0.3, -0.25) is 4.72 Å². The second-order valence-electron chi connectivity index (χ2n) is 4.36. The van der Waals surface area contributed by atoms with Gasteiger partial charge in [-0.05, 0) is 25.0 Å². The summed E-state index contributed by atoms with van der Waals surface area (Å²) in [5.41, 5.74) is 0.235. The lowest BCUT2D eigenvalue weighted by Crippen LogP contribution is -2.39. The summed E-state index contributed by atoms with van der Waals surface area (Å²) in [7, 11) is -3.60. The van der Waals surface area contributed by atoms with E-state index in [1.54, 1.807) is 0 Å². The number of phenols is 1. The van der Waals surface area contributed by atoms with Crippen molar-refractivity contribution in [3.63, 3.8) is 0 Å². The fourth-order valence-electron chi connectivity index (χ4n) is 1.94. The van der Waals surface area contributed by atoms with Crippen LogP contribution in [-0.2, 0) is 10.2 Å². The number of halogens is 2. The molecule has 1 saturated heterocycles. The maximum Gasteiger partial charge on any atom is 0.301 e. The van der Waals surface area contributed by atoms with E-state index in [2.05, 4.69) is 4.72 Å². The molecule has 2 N–H and O–H groups in total. The molecular formula is C11H14Cl2N2O3S. The lowest BCUT2D eigenvalue weighted by atomic mass is 10.2. The van der Waals surface area contributed by atoms with E-state index in [1.807, 2.05) is 0 Å². The van der Waals surface area contributed by atoms with Crippen LogP contribution in [0.15, 0.2) is 12.1 Å². The van der Waals surface area contributed by atoms with Crippen LogP contribution in [0.2, 0.25) is 10.0 Å². The molecule has 106 valence electrons. The van der Waals surface area contributed by atoms with Crippen LogP contribution in [-0.4, -0.2) is 30.9 Å². The highest BCUT2D eigenvalue weighted by Gasteiger charge is 2.24. The Kier molecular flexibility index (Phi) is 4.45. The van der Waals surface area contributed by atoms with Gasteiger partial charge >= 0.3 is 10.2 Å². The van der Waals surface area contributed by atoms with Crippen LogP contribution in [0, 0.1) is 0 Å². The second kappa shape index (κ2) is 5.75. The zero-order valence-electron chi connectivity index (χ0n) is 10.1. The molecule has 0 amide bonds. The standard InChI is InChI=1S/C11H14Cl2N2O3S/c12-9-6-8(7-10(13)11(9)16)14-19(17,18)15-4-2-1-3-5-15/h6-7,14,16H,1-5H2. The van der Waals surface area contributed by atoms with Gasteiger partial charge in [-0.1, -0.05) is 29.6 Å². The van der Waals surface area contributed by atoms with Gasteiger partial charge in [0, 0.05) is 13.1 Å². The van der Waals surface area contributed by atoms with E-state index in [4.69, 9.17) is 23.2 Å². The molecule has 8 heteroatoms. The molecule has 1 heterocycles.